The van der Waals surface area contributed by atoms with Crippen molar-refractivity contribution in [3.05, 3.63) is 30.1 Å². The van der Waals surface area contributed by atoms with Crippen LogP contribution >= 0.6 is 0 Å². The van der Waals surface area contributed by atoms with Crippen molar-refractivity contribution in [2.24, 2.45) is 0 Å². The van der Waals surface area contributed by atoms with Crippen molar-refractivity contribution in [2.45, 2.75) is 26.6 Å². The van der Waals surface area contributed by atoms with Gasteiger partial charge in [-0.2, -0.15) is 0 Å². The molecule has 1 heterocycles. The molecule has 4 nitrogen and oxygen atoms in total. The number of hydrogen-bond acceptors (Lipinski definition) is 4. The molecule has 0 aliphatic rings. The second kappa shape index (κ2) is 6.14. The highest BCUT2D eigenvalue weighted by Crippen LogP contribution is 2.02. The lowest BCUT2D eigenvalue weighted by molar-refractivity contribution is -0.156. The van der Waals surface area contributed by atoms with E-state index in [4.69, 9.17) is 9.47 Å². The molecule has 15 heavy (non-hydrogen) atoms. The van der Waals surface area contributed by atoms with Gasteiger partial charge in [0.15, 0.2) is 6.10 Å². The van der Waals surface area contributed by atoms with Crippen LogP contribution in [0.2, 0.25) is 0 Å². The number of pyridine rings is 1. The predicted molar refractivity (Wildman–Crippen MR) is 55.1 cm³/mol. The molecule has 0 amide bonds. The summed E-state index contributed by atoms with van der Waals surface area (Å²) in [5, 5.41) is 0. The fraction of sp³-hybridized carbons (Fsp3) is 0.455. The zero-order valence-corrected chi connectivity index (χ0v) is 8.97. The van der Waals surface area contributed by atoms with Crippen LogP contribution in [0.15, 0.2) is 24.5 Å². The second-order valence-electron chi connectivity index (χ2n) is 3.07. The van der Waals surface area contributed by atoms with Gasteiger partial charge in [0.25, 0.3) is 0 Å². The van der Waals surface area contributed by atoms with Crippen LogP contribution in [0.1, 0.15) is 19.4 Å². The summed E-state index contributed by atoms with van der Waals surface area (Å²) >= 11 is 0. The lowest BCUT2D eigenvalue weighted by Gasteiger charge is -2.11. The highest BCUT2D eigenvalue weighted by molar-refractivity contribution is 5.74. The molecular weight excluding hydrogens is 194 g/mol. The van der Waals surface area contributed by atoms with Gasteiger partial charge in [-0.3, -0.25) is 4.98 Å². The molecule has 0 N–H and O–H groups in total. The van der Waals surface area contributed by atoms with Gasteiger partial charge >= 0.3 is 5.97 Å². The summed E-state index contributed by atoms with van der Waals surface area (Å²) in [5.41, 5.74) is 0.939. The van der Waals surface area contributed by atoms with Crippen LogP contribution in [0.25, 0.3) is 0 Å². The quantitative estimate of drug-likeness (QED) is 0.690. The topological polar surface area (TPSA) is 48.4 Å². The number of carbonyl (C=O) groups is 1. The Labute approximate surface area is 89.2 Å². The van der Waals surface area contributed by atoms with Crippen molar-refractivity contribution < 1.29 is 14.3 Å². The van der Waals surface area contributed by atoms with E-state index in [0.29, 0.717) is 13.2 Å². The first-order chi connectivity index (χ1) is 7.24. The summed E-state index contributed by atoms with van der Waals surface area (Å²) < 4.78 is 10.1. The van der Waals surface area contributed by atoms with Crippen molar-refractivity contribution in [2.75, 3.05) is 6.61 Å². The summed E-state index contributed by atoms with van der Waals surface area (Å²) in [6, 6.07) is 3.72. The SMILES string of the molecule is CCOC(=O)C(C)OCc1cccnc1. The normalized spacial score (nSPS) is 12.1. The Morgan fingerprint density at radius 3 is 3.00 bits per heavy atom. The zero-order valence-electron chi connectivity index (χ0n) is 8.97. The van der Waals surface area contributed by atoms with Crippen LogP contribution in [0, 0.1) is 0 Å². The number of ether oxygens (including phenoxy) is 2. The molecule has 4 heteroatoms. The first-order valence-corrected chi connectivity index (χ1v) is 4.91. The standard InChI is InChI=1S/C11H15NO3/c1-3-14-11(13)9(2)15-8-10-5-4-6-12-7-10/h4-7,9H,3,8H2,1-2H3. The number of nitrogens with zero attached hydrogens (tertiary/aromatic N) is 1. The van der Waals surface area contributed by atoms with E-state index in [0.717, 1.165) is 5.56 Å². The van der Waals surface area contributed by atoms with E-state index in [1.807, 2.05) is 12.1 Å². The van der Waals surface area contributed by atoms with Crippen molar-refractivity contribution in [1.82, 2.24) is 4.98 Å². The van der Waals surface area contributed by atoms with E-state index < -0.39 is 6.10 Å². The summed E-state index contributed by atoms with van der Waals surface area (Å²) in [4.78, 5) is 15.1. The van der Waals surface area contributed by atoms with E-state index in [-0.39, 0.29) is 5.97 Å². The fourth-order valence-electron chi connectivity index (χ4n) is 1.03. The minimum Gasteiger partial charge on any atom is -0.464 e. The van der Waals surface area contributed by atoms with Crippen molar-refractivity contribution >= 4 is 5.97 Å². The highest BCUT2D eigenvalue weighted by atomic mass is 16.6. The Hall–Kier alpha value is -1.42. The lowest BCUT2D eigenvalue weighted by Crippen LogP contribution is -2.23. The van der Waals surface area contributed by atoms with Crippen LogP contribution < -0.4 is 0 Å². The second-order valence-corrected chi connectivity index (χ2v) is 3.07. The van der Waals surface area contributed by atoms with Crippen LogP contribution in [0.5, 0.6) is 0 Å². The van der Waals surface area contributed by atoms with Gasteiger partial charge in [-0.1, -0.05) is 6.07 Å². The van der Waals surface area contributed by atoms with Crippen LogP contribution in [0.3, 0.4) is 0 Å². The van der Waals surface area contributed by atoms with Crippen LogP contribution in [-0.4, -0.2) is 23.7 Å². The maximum Gasteiger partial charge on any atom is 0.334 e. The fourth-order valence-corrected chi connectivity index (χ4v) is 1.03. The first-order valence-electron chi connectivity index (χ1n) is 4.91. The maximum absolute atomic E-state index is 11.2. The monoisotopic (exact) mass is 209 g/mol. The van der Waals surface area contributed by atoms with Crippen molar-refractivity contribution in [3.8, 4) is 0 Å². The third kappa shape index (κ3) is 4.08. The number of rotatable bonds is 5. The highest BCUT2D eigenvalue weighted by Gasteiger charge is 2.13. The summed E-state index contributed by atoms with van der Waals surface area (Å²) in [5.74, 6) is -0.332. The molecule has 82 valence electrons. The molecule has 1 atom stereocenters. The number of esters is 1. The number of carbonyl (C=O) groups excluding carboxylic acids is 1. The van der Waals surface area contributed by atoms with E-state index in [9.17, 15) is 4.79 Å². The van der Waals surface area contributed by atoms with Gasteiger partial charge in [0, 0.05) is 12.4 Å². The third-order valence-corrected chi connectivity index (χ3v) is 1.84. The molecule has 0 radical (unpaired) electrons. The van der Waals surface area contributed by atoms with Gasteiger partial charge in [0.2, 0.25) is 0 Å². The molecule has 0 aromatic carbocycles. The van der Waals surface area contributed by atoms with Crippen LogP contribution in [0.4, 0.5) is 0 Å². The average Bonchev–Trinajstić information content (AvgIpc) is 2.27. The molecule has 0 bridgehead atoms. The molecule has 0 aliphatic heterocycles. The molecule has 1 unspecified atom stereocenters. The van der Waals surface area contributed by atoms with E-state index in [1.54, 1.807) is 26.2 Å². The molecule has 0 saturated heterocycles. The van der Waals surface area contributed by atoms with Gasteiger partial charge in [0.1, 0.15) is 0 Å². The minimum atomic E-state index is -0.537. The zero-order chi connectivity index (χ0) is 11.1. The van der Waals surface area contributed by atoms with Gasteiger partial charge < -0.3 is 9.47 Å². The first kappa shape index (κ1) is 11.7. The molecule has 0 fully saturated rings. The predicted octanol–water partition coefficient (Wildman–Crippen LogP) is 1.55. The summed E-state index contributed by atoms with van der Waals surface area (Å²) in [6.45, 7) is 4.19. The molecule has 0 saturated carbocycles. The molecule has 0 spiro atoms. The molecule has 0 aliphatic carbocycles. The molecule has 1 aromatic rings. The van der Waals surface area contributed by atoms with E-state index in [1.165, 1.54) is 0 Å². The molecular formula is C11H15NO3. The third-order valence-electron chi connectivity index (χ3n) is 1.84. The maximum atomic E-state index is 11.2. The Balaban J connectivity index is 2.34. The van der Waals surface area contributed by atoms with Gasteiger partial charge in [-0.25, -0.2) is 4.79 Å². The van der Waals surface area contributed by atoms with E-state index >= 15 is 0 Å². The Kier molecular flexibility index (Phi) is 4.77. The Bertz CT molecular complexity index is 300. The number of hydrogen-bond donors (Lipinski definition) is 0. The molecule has 1 aromatic heterocycles. The van der Waals surface area contributed by atoms with Gasteiger partial charge in [0.05, 0.1) is 13.2 Å². The van der Waals surface area contributed by atoms with Gasteiger partial charge in [-0.15, -0.1) is 0 Å². The largest absolute Gasteiger partial charge is 0.464 e. The van der Waals surface area contributed by atoms with Crippen LogP contribution in [-0.2, 0) is 20.9 Å². The van der Waals surface area contributed by atoms with E-state index in [2.05, 4.69) is 4.98 Å². The minimum absolute atomic E-state index is 0.332. The smallest absolute Gasteiger partial charge is 0.334 e. The average molecular weight is 209 g/mol. The Morgan fingerprint density at radius 1 is 1.60 bits per heavy atom. The van der Waals surface area contributed by atoms with Crippen molar-refractivity contribution in [3.63, 3.8) is 0 Å². The molecule has 1 rings (SSSR count). The van der Waals surface area contributed by atoms with Gasteiger partial charge in [-0.05, 0) is 25.5 Å². The summed E-state index contributed by atoms with van der Waals surface area (Å²) in [7, 11) is 0. The Morgan fingerprint density at radius 2 is 2.40 bits per heavy atom. The number of aromatic nitrogens is 1. The lowest BCUT2D eigenvalue weighted by atomic mass is 10.3. The van der Waals surface area contributed by atoms with Crippen molar-refractivity contribution in [1.29, 1.82) is 0 Å². The summed E-state index contributed by atoms with van der Waals surface area (Å²) in [6.07, 6.45) is 2.86.